The summed E-state index contributed by atoms with van der Waals surface area (Å²) in [5.74, 6) is -1.66. The lowest BCUT2D eigenvalue weighted by atomic mass is 9.98. The quantitative estimate of drug-likeness (QED) is 0.828. The van der Waals surface area contributed by atoms with E-state index in [0.29, 0.717) is 17.3 Å². The zero-order chi connectivity index (χ0) is 10.3. The molecule has 1 aliphatic carbocycles. The van der Waals surface area contributed by atoms with Crippen LogP contribution in [0.4, 0.5) is 4.39 Å². The van der Waals surface area contributed by atoms with Crippen molar-refractivity contribution in [2.45, 2.75) is 18.3 Å². The summed E-state index contributed by atoms with van der Waals surface area (Å²) in [6.45, 7) is 0. The Morgan fingerprint density at radius 2 is 2.29 bits per heavy atom. The number of halogens is 2. The van der Waals surface area contributed by atoms with Gasteiger partial charge in [0.05, 0.1) is 5.41 Å². The minimum atomic E-state index is -1.03. The second kappa shape index (κ2) is 3.02. The van der Waals surface area contributed by atoms with Crippen LogP contribution in [0.5, 0.6) is 0 Å². The highest BCUT2D eigenvalue weighted by Gasteiger charge is 2.53. The Hall–Kier alpha value is -0.970. The SMILES string of the molecule is O=C(O)C1(c2cc(Br)cnc2F)CC1. The van der Waals surface area contributed by atoms with Crippen LogP contribution in [0, 0.1) is 5.95 Å². The zero-order valence-electron chi connectivity index (χ0n) is 7.13. The van der Waals surface area contributed by atoms with Gasteiger partial charge in [-0.15, -0.1) is 0 Å². The molecule has 3 nitrogen and oxygen atoms in total. The average Bonchev–Trinajstić information content (AvgIpc) is 2.90. The van der Waals surface area contributed by atoms with Gasteiger partial charge in [-0.25, -0.2) is 4.98 Å². The fourth-order valence-corrected chi connectivity index (χ4v) is 1.81. The lowest BCUT2D eigenvalue weighted by Crippen LogP contribution is -2.21. The number of aliphatic carboxylic acids is 1. The van der Waals surface area contributed by atoms with E-state index < -0.39 is 17.3 Å². The molecule has 0 saturated heterocycles. The molecule has 1 aromatic heterocycles. The molecule has 1 aliphatic rings. The van der Waals surface area contributed by atoms with Crippen molar-refractivity contribution in [3.8, 4) is 0 Å². The number of aromatic nitrogens is 1. The molecule has 0 radical (unpaired) electrons. The summed E-state index contributed by atoms with van der Waals surface area (Å²) in [6, 6.07) is 1.49. The van der Waals surface area contributed by atoms with Gasteiger partial charge >= 0.3 is 5.97 Å². The van der Waals surface area contributed by atoms with Gasteiger partial charge in [-0.1, -0.05) is 0 Å². The van der Waals surface area contributed by atoms with E-state index in [1.165, 1.54) is 12.3 Å². The maximum atomic E-state index is 13.3. The Morgan fingerprint density at radius 3 is 2.79 bits per heavy atom. The molecule has 5 heteroatoms. The number of carboxylic acid groups (broad SMARTS) is 1. The predicted molar refractivity (Wildman–Crippen MR) is 50.4 cm³/mol. The standard InChI is InChI=1S/C9H7BrFNO2/c10-5-3-6(7(11)12-4-5)9(1-2-9)8(13)14/h3-4H,1-2H2,(H,13,14). The molecule has 74 valence electrons. The van der Waals surface area contributed by atoms with Crippen LogP contribution in [-0.2, 0) is 10.2 Å². The predicted octanol–water partition coefficient (Wildman–Crippen LogP) is 2.10. The van der Waals surface area contributed by atoms with Crippen LogP contribution in [-0.4, -0.2) is 16.1 Å². The van der Waals surface area contributed by atoms with Gasteiger partial charge in [0.2, 0.25) is 5.95 Å². The van der Waals surface area contributed by atoms with Crippen molar-refractivity contribution in [3.63, 3.8) is 0 Å². The normalized spacial score (nSPS) is 17.9. The molecule has 0 aliphatic heterocycles. The van der Waals surface area contributed by atoms with Gasteiger partial charge in [-0.05, 0) is 34.8 Å². The fraction of sp³-hybridized carbons (Fsp3) is 0.333. The van der Waals surface area contributed by atoms with Gasteiger partial charge in [0, 0.05) is 16.2 Å². The molecule has 1 heterocycles. The summed E-state index contributed by atoms with van der Waals surface area (Å²) in [7, 11) is 0. The number of rotatable bonds is 2. The summed E-state index contributed by atoms with van der Waals surface area (Å²) < 4.78 is 13.9. The largest absolute Gasteiger partial charge is 0.481 e. The Balaban J connectivity index is 2.51. The molecule has 0 atom stereocenters. The molecule has 1 fully saturated rings. The first kappa shape index (κ1) is 9.58. The van der Waals surface area contributed by atoms with Crippen LogP contribution in [0.1, 0.15) is 18.4 Å². The van der Waals surface area contributed by atoms with Crippen LogP contribution in [0.25, 0.3) is 0 Å². The van der Waals surface area contributed by atoms with Crippen molar-refractivity contribution in [1.82, 2.24) is 4.98 Å². The lowest BCUT2D eigenvalue weighted by molar-refractivity contribution is -0.140. The Morgan fingerprint density at radius 1 is 1.64 bits per heavy atom. The van der Waals surface area contributed by atoms with Crippen LogP contribution in [0.3, 0.4) is 0 Å². The molecule has 0 bridgehead atoms. The summed E-state index contributed by atoms with van der Waals surface area (Å²) in [6.07, 6.45) is 2.28. The van der Waals surface area contributed by atoms with Crippen molar-refractivity contribution in [2.75, 3.05) is 0 Å². The number of hydrogen-bond donors (Lipinski definition) is 1. The van der Waals surface area contributed by atoms with E-state index in [2.05, 4.69) is 20.9 Å². The second-order valence-corrected chi connectivity index (χ2v) is 4.29. The number of carboxylic acids is 1. The third kappa shape index (κ3) is 1.32. The number of hydrogen-bond acceptors (Lipinski definition) is 2. The van der Waals surface area contributed by atoms with Gasteiger partial charge < -0.3 is 5.11 Å². The molecule has 0 aromatic carbocycles. The highest BCUT2D eigenvalue weighted by molar-refractivity contribution is 9.10. The van der Waals surface area contributed by atoms with Crippen molar-refractivity contribution in [2.24, 2.45) is 0 Å². The minimum Gasteiger partial charge on any atom is -0.481 e. The monoisotopic (exact) mass is 259 g/mol. The average molecular weight is 260 g/mol. The minimum absolute atomic E-state index is 0.180. The molecule has 2 rings (SSSR count). The summed E-state index contributed by atoms with van der Waals surface area (Å²) in [5.41, 5.74) is -0.847. The molecule has 14 heavy (non-hydrogen) atoms. The number of nitrogens with zero attached hydrogens (tertiary/aromatic N) is 1. The lowest BCUT2D eigenvalue weighted by Gasteiger charge is -2.10. The fourth-order valence-electron chi connectivity index (χ4n) is 1.48. The van der Waals surface area contributed by atoms with Crippen molar-refractivity contribution >= 4 is 21.9 Å². The molecular formula is C9H7BrFNO2. The highest BCUT2D eigenvalue weighted by Crippen LogP contribution is 2.49. The molecule has 1 N–H and O–H groups in total. The summed E-state index contributed by atoms with van der Waals surface area (Å²) in [4.78, 5) is 14.4. The van der Waals surface area contributed by atoms with E-state index in [4.69, 9.17) is 5.11 Å². The van der Waals surface area contributed by atoms with E-state index in [-0.39, 0.29) is 5.56 Å². The first-order valence-electron chi connectivity index (χ1n) is 4.11. The molecule has 1 saturated carbocycles. The van der Waals surface area contributed by atoms with Crippen LogP contribution < -0.4 is 0 Å². The van der Waals surface area contributed by atoms with E-state index in [1.54, 1.807) is 0 Å². The molecule has 1 aromatic rings. The Kier molecular flexibility index (Phi) is 2.06. The first-order valence-corrected chi connectivity index (χ1v) is 4.90. The van der Waals surface area contributed by atoms with E-state index >= 15 is 0 Å². The molecule has 0 amide bonds. The summed E-state index contributed by atoms with van der Waals surface area (Å²) >= 11 is 3.14. The number of carbonyl (C=O) groups is 1. The van der Waals surface area contributed by atoms with Crippen LogP contribution >= 0.6 is 15.9 Å². The third-order valence-electron chi connectivity index (χ3n) is 2.48. The third-order valence-corrected chi connectivity index (χ3v) is 2.91. The Bertz CT molecular complexity index is 404. The van der Waals surface area contributed by atoms with Gasteiger partial charge in [0.1, 0.15) is 0 Å². The summed E-state index contributed by atoms with van der Waals surface area (Å²) in [5, 5.41) is 8.96. The maximum absolute atomic E-state index is 13.3. The van der Waals surface area contributed by atoms with Gasteiger partial charge in [-0.2, -0.15) is 4.39 Å². The van der Waals surface area contributed by atoms with Gasteiger partial charge in [0.15, 0.2) is 0 Å². The van der Waals surface area contributed by atoms with Crippen molar-refractivity contribution in [1.29, 1.82) is 0 Å². The zero-order valence-corrected chi connectivity index (χ0v) is 8.71. The first-order chi connectivity index (χ1) is 6.56. The Labute approximate surface area is 88.1 Å². The smallest absolute Gasteiger partial charge is 0.314 e. The molecule has 0 unspecified atom stereocenters. The van der Waals surface area contributed by atoms with Crippen molar-refractivity contribution < 1.29 is 14.3 Å². The van der Waals surface area contributed by atoms with E-state index in [9.17, 15) is 9.18 Å². The van der Waals surface area contributed by atoms with Crippen LogP contribution in [0.2, 0.25) is 0 Å². The maximum Gasteiger partial charge on any atom is 0.314 e. The molecule has 0 spiro atoms. The van der Waals surface area contributed by atoms with E-state index in [1.807, 2.05) is 0 Å². The topological polar surface area (TPSA) is 50.2 Å². The van der Waals surface area contributed by atoms with Crippen LogP contribution in [0.15, 0.2) is 16.7 Å². The molecular weight excluding hydrogens is 253 g/mol. The van der Waals surface area contributed by atoms with Crippen molar-refractivity contribution in [3.05, 3.63) is 28.2 Å². The van der Waals surface area contributed by atoms with E-state index in [0.717, 1.165) is 0 Å². The second-order valence-electron chi connectivity index (χ2n) is 3.38. The van der Waals surface area contributed by atoms with Gasteiger partial charge in [-0.3, -0.25) is 4.79 Å². The van der Waals surface area contributed by atoms with Gasteiger partial charge in [0.25, 0.3) is 0 Å². The highest BCUT2D eigenvalue weighted by atomic mass is 79.9. The number of pyridine rings is 1.